The summed E-state index contributed by atoms with van der Waals surface area (Å²) in [5.41, 5.74) is 0. The van der Waals surface area contributed by atoms with E-state index in [1.807, 2.05) is 6.92 Å². The lowest BCUT2D eigenvalue weighted by Crippen LogP contribution is -2.39. The van der Waals surface area contributed by atoms with E-state index in [9.17, 15) is 4.79 Å². The number of nitrogens with zero attached hydrogens (tertiary/aromatic N) is 1. The molecule has 2 aliphatic rings. The van der Waals surface area contributed by atoms with E-state index in [4.69, 9.17) is 4.74 Å². The number of ether oxygens (including phenoxy) is 1. The van der Waals surface area contributed by atoms with Gasteiger partial charge in [0.15, 0.2) is 0 Å². The topological polar surface area (TPSA) is 29.5 Å². The van der Waals surface area contributed by atoms with Gasteiger partial charge in [-0.05, 0) is 32.7 Å². The largest absolute Gasteiger partial charge is 0.461 e. The minimum absolute atomic E-state index is 0.0110. The molecule has 92 valence electrons. The van der Waals surface area contributed by atoms with Gasteiger partial charge in [-0.25, -0.2) is 0 Å². The summed E-state index contributed by atoms with van der Waals surface area (Å²) in [4.78, 5) is 13.8. The van der Waals surface area contributed by atoms with Crippen molar-refractivity contribution in [3.05, 3.63) is 0 Å². The van der Waals surface area contributed by atoms with Gasteiger partial charge in [-0.1, -0.05) is 19.3 Å². The maximum Gasteiger partial charge on any atom is 0.323 e. The Morgan fingerprint density at radius 1 is 1.31 bits per heavy atom. The van der Waals surface area contributed by atoms with Gasteiger partial charge in [0.05, 0.1) is 0 Å². The molecule has 1 heterocycles. The summed E-state index contributed by atoms with van der Waals surface area (Å²) in [6.45, 7) is 3.04. The van der Waals surface area contributed by atoms with Crippen LogP contribution in [-0.2, 0) is 9.53 Å². The van der Waals surface area contributed by atoms with E-state index in [0.29, 0.717) is 0 Å². The van der Waals surface area contributed by atoms with Gasteiger partial charge in [-0.3, -0.25) is 9.69 Å². The molecule has 2 fully saturated rings. The summed E-state index contributed by atoms with van der Waals surface area (Å²) in [7, 11) is 2.07. The van der Waals surface area contributed by atoms with Crippen molar-refractivity contribution in [2.45, 2.75) is 57.6 Å². The maximum atomic E-state index is 11.6. The Kier molecular flexibility index (Phi) is 3.85. The zero-order valence-corrected chi connectivity index (χ0v) is 10.4. The van der Waals surface area contributed by atoms with Gasteiger partial charge in [0, 0.05) is 13.0 Å². The van der Waals surface area contributed by atoms with Crippen molar-refractivity contribution < 1.29 is 9.53 Å². The van der Waals surface area contributed by atoms with E-state index in [1.54, 1.807) is 0 Å². The second-order valence-corrected chi connectivity index (χ2v) is 5.44. The van der Waals surface area contributed by atoms with Gasteiger partial charge in [0.1, 0.15) is 12.1 Å². The lowest BCUT2D eigenvalue weighted by molar-refractivity contribution is -0.144. The van der Waals surface area contributed by atoms with E-state index in [0.717, 1.165) is 18.9 Å². The number of hydrogen-bond donors (Lipinski definition) is 0. The molecule has 0 N–H and O–H groups in total. The van der Waals surface area contributed by atoms with Gasteiger partial charge in [0.2, 0.25) is 0 Å². The molecule has 0 radical (unpaired) electrons. The summed E-state index contributed by atoms with van der Waals surface area (Å²) in [6.07, 6.45) is 7.76. The van der Waals surface area contributed by atoms with E-state index in [2.05, 4.69) is 11.9 Å². The smallest absolute Gasteiger partial charge is 0.323 e. The first-order valence-electron chi connectivity index (χ1n) is 6.57. The van der Waals surface area contributed by atoms with Crippen LogP contribution in [0, 0.1) is 5.92 Å². The van der Waals surface area contributed by atoms with Gasteiger partial charge in [0.25, 0.3) is 0 Å². The Bertz CT molecular complexity index is 248. The minimum atomic E-state index is -0.0224. The molecule has 2 rings (SSSR count). The maximum absolute atomic E-state index is 11.6. The number of carbonyl (C=O) groups is 1. The Labute approximate surface area is 98.1 Å². The number of cyclic esters (lactones) is 1. The monoisotopic (exact) mass is 225 g/mol. The number of rotatable bonds is 3. The summed E-state index contributed by atoms with van der Waals surface area (Å²) >= 11 is 0. The number of hydrogen-bond acceptors (Lipinski definition) is 3. The molecule has 1 saturated carbocycles. The molecule has 3 heteroatoms. The summed E-state index contributed by atoms with van der Waals surface area (Å²) in [6, 6.07) is 0.0110. The summed E-state index contributed by atoms with van der Waals surface area (Å²) < 4.78 is 5.20. The molecule has 1 aliphatic heterocycles. The van der Waals surface area contributed by atoms with Gasteiger partial charge in [-0.2, -0.15) is 0 Å². The van der Waals surface area contributed by atoms with Crippen LogP contribution in [0.5, 0.6) is 0 Å². The third-order valence-corrected chi connectivity index (χ3v) is 3.95. The predicted molar refractivity (Wildman–Crippen MR) is 63.2 cm³/mol. The first kappa shape index (κ1) is 11.9. The van der Waals surface area contributed by atoms with Crippen LogP contribution in [0.3, 0.4) is 0 Å². The molecule has 1 aliphatic carbocycles. The number of esters is 1. The first-order chi connectivity index (χ1) is 7.66. The van der Waals surface area contributed by atoms with Crippen LogP contribution in [0.1, 0.15) is 45.4 Å². The Hall–Kier alpha value is -0.570. The normalized spacial score (nSPS) is 32.1. The second-order valence-electron chi connectivity index (χ2n) is 5.44. The molecule has 2 atom stereocenters. The SMILES string of the molecule is C[C@H]1C[C@@H](N(C)CC2CCCCC2)C(=O)O1. The van der Waals surface area contributed by atoms with Crippen LogP contribution >= 0.6 is 0 Å². The highest BCUT2D eigenvalue weighted by Crippen LogP contribution is 2.26. The molecule has 0 aromatic rings. The number of likely N-dealkylation sites (N-methyl/N-ethyl adjacent to an activating group) is 1. The van der Waals surface area contributed by atoms with Crippen molar-refractivity contribution in [2.24, 2.45) is 5.92 Å². The third kappa shape index (κ3) is 2.76. The first-order valence-corrected chi connectivity index (χ1v) is 6.57. The molecule has 1 saturated heterocycles. The molecule has 0 amide bonds. The van der Waals surface area contributed by atoms with Crippen molar-refractivity contribution in [1.29, 1.82) is 0 Å². The fraction of sp³-hybridized carbons (Fsp3) is 0.923. The van der Waals surface area contributed by atoms with Crippen molar-refractivity contribution in [3.8, 4) is 0 Å². The highest BCUT2D eigenvalue weighted by Gasteiger charge is 2.35. The molecular weight excluding hydrogens is 202 g/mol. The van der Waals surface area contributed by atoms with Gasteiger partial charge in [-0.15, -0.1) is 0 Å². The Morgan fingerprint density at radius 3 is 2.56 bits per heavy atom. The average molecular weight is 225 g/mol. The lowest BCUT2D eigenvalue weighted by atomic mass is 9.88. The van der Waals surface area contributed by atoms with Crippen LogP contribution in [0.25, 0.3) is 0 Å². The molecule has 0 unspecified atom stereocenters. The standard InChI is InChI=1S/C13H23NO2/c1-10-8-12(13(15)16-10)14(2)9-11-6-4-3-5-7-11/h10-12H,3-9H2,1-2H3/t10-,12+/m0/s1. The van der Waals surface area contributed by atoms with E-state index in [1.165, 1.54) is 32.1 Å². The summed E-state index contributed by atoms with van der Waals surface area (Å²) in [5.74, 6) is 0.772. The Balaban J connectivity index is 1.82. The van der Waals surface area contributed by atoms with E-state index in [-0.39, 0.29) is 18.1 Å². The highest BCUT2D eigenvalue weighted by molar-refractivity contribution is 5.77. The minimum Gasteiger partial charge on any atom is -0.461 e. The van der Waals surface area contributed by atoms with Crippen LogP contribution in [0.15, 0.2) is 0 Å². The molecule has 0 aromatic heterocycles. The average Bonchev–Trinajstić information content (AvgIpc) is 2.59. The van der Waals surface area contributed by atoms with Crippen molar-refractivity contribution >= 4 is 5.97 Å². The molecule has 3 nitrogen and oxygen atoms in total. The zero-order chi connectivity index (χ0) is 11.5. The van der Waals surface area contributed by atoms with Crippen LogP contribution in [-0.4, -0.2) is 36.6 Å². The number of carbonyl (C=O) groups excluding carboxylic acids is 1. The molecular formula is C13H23NO2. The molecule has 0 spiro atoms. The fourth-order valence-corrected chi connectivity index (χ4v) is 3.00. The second kappa shape index (κ2) is 5.17. The third-order valence-electron chi connectivity index (χ3n) is 3.95. The predicted octanol–water partition coefficient (Wildman–Crippen LogP) is 2.20. The zero-order valence-electron chi connectivity index (χ0n) is 10.4. The van der Waals surface area contributed by atoms with Crippen LogP contribution in [0.2, 0.25) is 0 Å². The molecule has 0 bridgehead atoms. The van der Waals surface area contributed by atoms with Crippen molar-refractivity contribution in [1.82, 2.24) is 4.90 Å². The Morgan fingerprint density at radius 2 is 2.00 bits per heavy atom. The molecule has 16 heavy (non-hydrogen) atoms. The molecule has 0 aromatic carbocycles. The van der Waals surface area contributed by atoms with E-state index >= 15 is 0 Å². The van der Waals surface area contributed by atoms with Crippen LogP contribution in [0.4, 0.5) is 0 Å². The fourth-order valence-electron chi connectivity index (χ4n) is 3.00. The van der Waals surface area contributed by atoms with Crippen molar-refractivity contribution in [2.75, 3.05) is 13.6 Å². The van der Waals surface area contributed by atoms with Crippen LogP contribution < -0.4 is 0 Å². The quantitative estimate of drug-likeness (QED) is 0.690. The highest BCUT2D eigenvalue weighted by atomic mass is 16.6. The lowest BCUT2D eigenvalue weighted by Gasteiger charge is -2.29. The van der Waals surface area contributed by atoms with Gasteiger partial charge >= 0.3 is 5.97 Å². The van der Waals surface area contributed by atoms with Gasteiger partial charge < -0.3 is 4.74 Å². The summed E-state index contributed by atoms with van der Waals surface area (Å²) in [5, 5.41) is 0. The van der Waals surface area contributed by atoms with Crippen molar-refractivity contribution in [3.63, 3.8) is 0 Å². The van der Waals surface area contributed by atoms with E-state index < -0.39 is 0 Å².